The zero-order valence-corrected chi connectivity index (χ0v) is 11.9. The Morgan fingerprint density at radius 2 is 2.20 bits per heavy atom. The van der Waals surface area contributed by atoms with E-state index in [1.54, 1.807) is 16.2 Å². The average molecular weight is 290 g/mol. The molecule has 84 valence electrons. The Bertz CT molecular complexity index is 354. The maximum atomic E-state index is 11.9. The molecule has 0 aliphatic heterocycles. The van der Waals surface area contributed by atoms with Crippen molar-refractivity contribution in [2.24, 2.45) is 0 Å². The molecule has 1 heterocycles. The summed E-state index contributed by atoms with van der Waals surface area (Å²) in [6.07, 6.45) is 0. The van der Waals surface area contributed by atoms with Crippen LogP contribution in [0, 0.1) is 6.92 Å². The maximum Gasteiger partial charge on any atom is 0.238 e. The van der Waals surface area contributed by atoms with Crippen molar-refractivity contribution in [1.82, 2.24) is 4.90 Å². The predicted molar refractivity (Wildman–Crippen MR) is 68.5 cm³/mol. The normalized spacial score (nSPS) is 11.5. The van der Waals surface area contributed by atoms with Gasteiger partial charge in [-0.3, -0.25) is 4.79 Å². The molecule has 2 nitrogen and oxygen atoms in total. The third-order valence-corrected chi connectivity index (χ3v) is 3.55. The highest BCUT2D eigenvalue weighted by Gasteiger charge is 2.27. The molecule has 0 unspecified atom stereocenters. The molecule has 1 aromatic heterocycles. The molecule has 1 aromatic rings. The molecule has 4 heteroatoms. The van der Waals surface area contributed by atoms with E-state index >= 15 is 0 Å². The summed E-state index contributed by atoms with van der Waals surface area (Å²) in [4.78, 5) is 14.9. The molecule has 0 aliphatic carbocycles. The average Bonchev–Trinajstić information content (AvgIpc) is 2.49. The van der Waals surface area contributed by atoms with Gasteiger partial charge in [-0.15, -0.1) is 11.3 Å². The molecule has 0 aromatic carbocycles. The van der Waals surface area contributed by atoms with Crippen LogP contribution in [0.3, 0.4) is 0 Å². The van der Waals surface area contributed by atoms with Gasteiger partial charge in [0.05, 0.1) is 10.9 Å². The number of carbonyl (C=O) groups excluding carboxylic acids is 1. The van der Waals surface area contributed by atoms with Gasteiger partial charge in [0.1, 0.15) is 0 Å². The number of carbonyl (C=O) groups is 1. The summed E-state index contributed by atoms with van der Waals surface area (Å²) in [7, 11) is 1.84. The number of rotatable bonds is 3. The fourth-order valence-electron chi connectivity index (χ4n) is 1.31. The van der Waals surface area contributed by atoms with Gasteiger partial charge in [0, 0.05) is 11.9 Å². The van der Waals surface area contributed by atoms with Crippen LogP contribution in [0.1, 0.15) is 24.3 Å². The van der Waals surface area contributed by atoms with Crippen molar-refractivity contribution in [2.75, 3.05) is 7.05 Å². The van der Waals surface area contributed by atoms with Crippen LogP contribution >= 0.6 is 27.3 Å². The molecule has 0 spiro atoms. The van der Waals surface area contributed by atoms with Crippen molar-refractivity contribution >= 4 is 33.2 Å². The topological polar surface area (TPSA) is 20.3 Å². The molecule has 0 bridgehead atoms. The predicted octanol–water partition coefficient (Wildman–Crippen LogP) is 3.19. The van der Waals surface area contributed by atoms with Gasteiger partial charge in [-0.1, -0.05) is 15.9 Å². The second-order valence-corrected chi connectivity index (χ2v) is 7.14. The molecule has 0 N–H and O–H groups in total. The second kappa shape index (κ2) is 4.66. The van der Waals surface area contributed by atoms with E-state index in [1.165, 1.54) is 10.4 Å². The van der Waals surface area contributed by atoms with E-state index in [1.807, 2.05) is 20.9 Å². The lowest BCUT2D eigenvalue weighted by Crippen LogP contribution is -2.38. The van der Waals surface area contributed by atoms with Crippen LogP contribution in [0.2, 0.25) is 0 Å². The number of alkyl halides is 1. The Balaban J connectivity index is 2.68. The zero-order valence-electron chi connectivity index (χ0n) is 9.50. The molecule has 15 heavy (non-hydrogen) atoms. The van der Waals surface area contributed by atoms with E-state index in [2.05, 4.69) is 34.3 Å². The fourth-order valence-corrected chi connectivity index (χ4v) is 2.57. The van der Waals surface area contributed by atoms with E-state index in [9.17, 15) is 4.79 Å². The smallest absolute Gasteiger partial charge is 0.238 e. The summed E-state index contributed by atoms with van der Waals surface area (Å²) in [6, 6.07) is 2.08. The van der Waals surface area contributed by atoms with Crippen molar-refractivity contribution in [3.63, 3.8) is 0 Å². The van der Waals surface area contributed by atoms with E-state index in [4.69, 9.17) is 0 Å². The molecule has 0 aliphatic rings. The van der Waals surface area contributed by atoms with E-state index in [-0.39, 0.29) is 5.91 Å². The first-order valence-electron chi connectivity index (χ1n) is 4.80. The Morgan fingerprint density at radius 3 is 2.60 bits per heavy atom. The van der Waals surface area contributed by atoms with Crippen LogP contribution in [0.4, 0.5) is 0 Å². The molecule has 0 fully saturated rings. The molecule has 1 amide bonds. The Labute approximate surface area is 103 Å². The van der Waals surface area contributed by atoms with Gasteiger partial charge in [-0.25, -0.2) is 0 Å². The van der Waals surface area contributed by atoms with Gasteiger partial charge < -0.3 is 4.90 Å². The van der Waals surface area contributed by atoms with Crippen molar-refractivity contribution in [3.05, 3.63) is 21.9 Å². The van der Waals surface area contributed by atoms with Gasteiger partial charge in [0.2, 0.25) is 5.91 Å². The zero-order chi connectivity index (χ0) is 11.6. The van der Waals surface area contributed by atoms with Gasteiger partial charge in [0.15, 0.2) is 0 Å². The second-order valence-electron chi connectivity index (χ2n) is 4.16. The minimum absolute atomic E-state index is 0.107. The number of amides is 1. The molecule has 0 saturated carbocycles. The van der Waals surface area contributed by atoms with Crippen molar-refractivity contribution in [3.8, 4) is 0 Å². The fraction of sp³-hybridized carbons (Fsp3) is 0.545. The molecular formula is C11H16BrNOS. The van der Waals surface area contributed by atoms with Crippen LogP contribution in [-0.4, -0.2) is 22.2 Å². The Hall–Kier alpha value is -0.350. The van der Waals surface area contributed by atoms with Crippen molar-refractivity contribution < 1.29 is 4.79 Å². The third-order valence-electron chi connectivity index (χ3n) is 2.20. The van der Waals surface area contributed by atoms with Crippen LogP contribution in [0.15, 0.2) is 11.4 Å². The van der Waals surface area contributed by atoms with Gasteiger partial charge in [-0.05, 0) is 37.8 Å². The largest absolute Gasteiger partial charge is 0.339 e. The maximum absolute atomic E-state index is 11.9. The van der Waals surface area contributed by atoms with Gasteiger partial charge in [-0.2, -0.15) is 0 Å². The number of nitrogens with zero attached hydrogens (tertiary/aromatic N) is 1. The van der Waals surface area contributed by atoms with E-state index in [0.29, 0.717) is 6.54 Å². The molecule has 0 saturated heterocycles. The van der Waals surface area contributed by atoms with Crippen LogP contribution < -0.4 is 0 Å². The highest BCUT2D eigenvalue weighted by molar-refractivity contribution is 9.10. The van der Waals surface area contributed by atoms with Gasteiger partial charge in [0.25, 0.3) is 0 Å². The summed E-state index contributed by atoms with van der Waals surface area (Å²) in [5.41, 5.74) is 1.26. The molecule has 0 radical (unpaired) electrons. The molecular weight excluding hydrogens is 274 g/mol. The summed E-state index contributed by atoms with van der Waals surface area (Å²) in [5, 5.41) is 2.06. The number of hydrogen-bond acceptors (Lipinski definition) is 2. The standard InChI is InChI=1S/C11H16BrNOS/c1-8-5-6-15-9(8)7-13(4)10(14)11(2,3)12/h5-6H,7H2,1-4H3. The van der Waals surface area contributed by atoms with Crippen molar-refractivity contribution in [1.29, 1.82) is 0 Å². The quantitative estimate of drug-likeness (QED) is 0.783. The lowest BCUT2D eigenvalue weighted by atomic mass is 10.2. The van der Waals surface area contributed by atoms with Crippen LogP contribution in [0.5, 0.6) is 0 Å². The van der Waals surface area contributed by atoms with Crippen LogP contribution in [-0.2, 0) is 11.3 Å². The monoisotopic (exact) mass is 289 g/mol. The van der Waals surface area contributed by atoms with Crippen LogP contribution in [0.25, 0.3) is 0 Å². The number of hydrogen-bond donors (Lipinski definition) is 0. The number of halogens is 1. The summed E-state index contributed by atoms with van der Waals surface area (Å²) in [5.74, 6) is 0.107. The summed E-state index contributed by atoms with van der Waals surface area (Å²) >= 11 is 5.08. The highest BCUT2D eigenvalue weighted by Crippen LogP contribution is 2.22. The SMILES string of the molecule is Cc1ccsc1CN(C)C(=O)C(C)(C)Br. The Kier molecular flexibility index (Phi) is 3.95. The Morgan fingerprint density at radius 1 is 1.60 bits per heavy atom. The summed E-state index contributed by atoms with van der Waals surface area (Å²) < 4.78 is -0.479. The van der Waals surface area contributed by atoms with E-state index < -0.39 is 4.32 Å². The lowest BCUT2D eigenvalue weighted by molar-refractivity contribution is -0.131. The van der Waals surface area contributed by atoms with E-state index in [0.717, 1.165) is 0 Å². The summed E-state index contributed by atoms with van der Waals surface area (Å²) in [6.45, 7) is 6.50. The minimum Gasteiger partial charge on any atom is -0.339 e. The minimum atomic E-state index is -0.479. The third kappa shape index (κ3) is 3.31. The molecule has 1 rings (SSSR count). The highest BCUT2D eigenvalue weighted by atomic mass is 79.9. The first-order valence-corrected chi connectivity index (χ1v) is 6.47. The first kappa shape index (κ1) is 12.7. The van der Waals surface area contributed by atoms with Gasteiger partial charge >= 0.3 is 0 Å². The molecule has 0 atom stereocenters. The first-order chi connectivity index (χ1) is 6.82. The lowest BCUT2D eigenvalue weighted by Gasteiger charge is -2.24. The van der Waals surface area contributed by atoms with Crippen molar-refractivity contribution in [2.45, 2.75) is 31.6 Å². The number of aryl methyl sites for hydroxylation is 1. The number of thiophene rings is 1.